The second kappa shape index (κ2) is 6.85. The Bertz CT molecular complexity index is 164. The maximum Gasteiger partial charge on any atom is 0.244 e. The van der Waals surface area contributed by atoms with Crippen LogP contribution in [0.15, 0.2) is 11.6 Å². The predicted molar refractivity (Wildman–Crippen MR) is 48.7 cm³/mol. The van der Waals surface area contributed by atoms with E-state index in [1.54, 1.807) is 14.0 Å². The van der Waals surface area contributed by atoms with Crippen molar-refractivity contribution in [1.82, 2.24) is 0 Å². The fraction of sp³-hybridized carbons (Fsp3) is 0.667. The standard InChI is InChI=1S/C9H17NO2/c1-8(9(10)11)6-4-3-5-7-12-2/h6H,3-5,7H2,1-2H3,(H2,10,11). The summed E-state index contributed by atoms with van der Waals surface area (Å²) in [6.07, 6.45) is 4.84. The molecule has 0 radical (unpaired) electrons. The first-order valence-electron chi connectivity index (χ1n) is 4.14. The summed E-state index contributed by atoms with van der Waals surface area (Å²) in [5, 5.41) is 0. The number of rotatable bonds is 6. The van der Waals surface area contributed by atoms with Crippen LogP contribution in [0.5, 0.6) is 0 Å². The highest BCUT2D eigenvalue weighted by Crippen LogP contribution is 2.00. The van der Waals surface area contributed by atoms with Gasteiger partial charge in [-0.05, 0) is 26.2 Å². The number of carbonyl (C=O) groups is 1. The van der Waals surface area contributed by atoms with E-state index in [-0.39, 0.29) is 5.91 Å². The third-order valence-corrected chi connectivity index (χ3v) is 1.64. The molecule has 1 amide bonds. The molecule has 12 heavy (non-hydrogen) atoms. The van der Waals surface area contributed by atoms with Gasteiger partial charge in [-0.15, -0.1) is 0 Å². The summed E-state index contributed by atoms with van der Waals surface area (Å²) in [7, 11) is 1.69. The van der Waals surface area contributed by atoms with Gasteiger partial charge in [0.1, 0.15) is 0 Å². The summed E-state index contributed by atoms with van der Waals surface area (Å²) >= 11 is 0. The monoisotopic (exact) mass is 171 g/mol. The Balaban J connectivity index is 3.40. The van der Waals surface area contributed by atoms with Gasteiger partial charge in [0.05, 0.1) is 0 Å². The van der Waals surface area contributed by atoms with Crippen molar-refractivity contribution in [2.24, 2.45) is 5.73 Å². The molecule has 0 rings (SSSR count). The lowest BCUT2D eigenvalue weighted by atomic mass is 10.2. The molecule has 3 nitrogen and oxygen atoms in total. The van der Waals surface area contributed by atoms with Crippen LogP contribution in [0.4, 0.5) is 0 Å². The lowest BCUT2D eigenvalue weighted by Gasteiger charge is -1.97. The molecule has 0 atom stereocenters. The number of primary amides is 1. The maximum atomic E-state index is 10.5. The van der Waals surface area contributed by atoms with Crippen LogP contribution >= 0.6 is 0 Å². The quantitative estimate of drug-likeness (QED) is 0.483. The predicted octanol–water partition coefficient (Wildman–Crippen LogP) is 1.23. The molecule has 0 aliphatic rings. The van der Waals surface area contributed by atoms with Gasteiger partial charge in [0, 0.05) is 19.3 Å². The molecule has 0 aliphatic carbocycles. The number of hydrogen-bond donors (Lipinski definition) is 1. The van der Waals surface area contributed by atoms with Crippen LogP contribution in [0.25, 0.3) is 0 Å². The first kappa shape index (κ1) is 11.2. The molecule has 3 heteroatoms. The first-order chi connectivity index (χ1) is 5.68. The van der Waals surface area contributed by atoms with Gasteiger partial charge < -0.3 is 10.5 Å². The number of allylic oxidation sites excluding steroid dienone is 1. The number of unbranched alkanes of at least 4 members (excludes halogenated alkanes) is 2. The lowest BCUT2D eigenvalue weighted by Crippen LogP contribution is -2.11. The van der Waals surface area contributed by atoms with Crippen LogP contribution in [0, 0.1) is 0 Å². The van der Waals surface area contributed by atoms with Crippen LogP contribution in [0.2, 0.25) is 0 Å². The summed E-state index contributed by atoms with van der Waals surface area (Å²) in [5.74, 6) is -0.332. The average molecular weight is 171 g/mol. The van der Waals surface area contributed by atoms with E-state index in [0.717, 1.165) is 25.9 Å². The van der Waals surface area contributed by atoms with E-state index in [1.165, 1.54) is 0 Å². The number of ether oxygens (including phenoxy) is 1. The van der Waals surface area contributed by atoms with Gasteiger partial charge in [0.2, 0.25) is 5.91 Å². The molecule has 0 saturated carbocycles. The van der Waals surface area contributed by atoms with Crippen LogP contribution in [0.3, 0.4) is 0 Å². The van der Waals surface area contributed by atoms with Gasteiger partial charge in [0.25, 0.3) is 0 Å². The molecule has 2 N–H and O–H groups in total. The molecule has 70 valence electrons. The maximum absolute atomic E-state index is 10.5. The van der Waals surface area contributed by atoms with Crippen LogP contribution in [0.1, 0.15) is 26.2 Å². The minimum absolute atomic E-state index is 0.332. The highest BCUT2D eigenvalue weighted by Gasteiger charge is 1.94. The molecule has 0 spiro atoms. The van der Waals surface area contributed by atoms with E-state index in [2.05, 4.69) is 0 Å². The Morgan fingerprint density at radius 2 is 2.17 bits per heavy atom. The van der Waals surface area contributed by atoms with Gasteiger partial charge in [-0.3, -0.25) is 4.79 Å². The summed E-state index contributed by atoms with van der Waals surface area (Å²) in [6, 6.07) is 0. The van der Waals surface area contributed by atoms with Gasteiger partial charge in [-0.25, -0.2) is 0 Å². The van der Waals surface area contributed by atoms with Crippen LogP contribution in [-0.2, 0) is 9.53 Å². The van der Waals surface area contributed by atoms with E-state index in [9.17, 15) is 4.79 Å². The Morgan fingerprint density at radius 1 is 1.50 bits per heavy atom. The summed E-state index contributed by atoms with van der Waals surface area (Å²) < 4.78 is 4.88. The molecule has 0 saturated heterocycles. The van der Waals surface area contributed by atoms with Crippen molar-refractivity contribution in [3.63, 3.8) is 0 Å². The average Bonchev–Trinajstić information content (AvgIpc) is 2.03. The SMILES string of the molecule is COCCCCC=C(C)C(N)=O. The van der Waals surface area contributed by atoms with E-state index >= 15 is 0 Å². The van der Waals surface area contributed by atoms with E-state index in [4.69, 9.17) is 10.5 Å². The highest BCUT2D eigenvalue weighted by atomic mass is 16.5. The fourth-order valence-electron chi connectivity index (χ4n) is 0.810. The van der Waals surface area contributed by atoms with Gasteiger partial charge in [0.15, 0.2) is 0 Å². The zero-order valence-electron chi connectivity index (χ0n) is 7.80. The fourth-order valence-corrected chi connectivity index (χ4v) is 0.810. The molecule has 0 bridgehead atoms. The van der Waals surface area contributed by atoms with Crippen molar-refractivity contribution in [1.29, 1.82) is 0 Å². The minimum atomic E-state index is -0.332. The molecular formula is C9H17NO2. The molecular weight excluding hydrogens is 154 g/mol. The molecule has 0 aliphatic heterocycles. The smallest absolute Gasteiger partial charge is 0.244 e. The van der Waals surface area contributed by atoms with Gasteiger partial charge in [-0.1, -0.05) is 6.08 Å². The molecule has 0 aromatic rings. The second-order valence-corrected chi connectivity index (χ2v) is 2.74. The number of amides is 1. The number of carbonyl (C=O) groups excluding carboxylic acids is 1. The third-order valence-electron chi connectivity index (χ3n) is 1.64. The van der Waals surface area contributed by atoms with Crippen LogP contribution in [-0.4, -0.2) is 19.6 Å². The molecule has 0 aromatic heterocycles. The zero-order chi connectivity index (χ0) is 9.40. The Kier molecular flexibility index (Phi) is 6.38. The van der Waals surface area contributed by atoms with E-state index < -0.39 is 0 Å². The number of methoxy groups -OCH3 is 1. The normalized spacial score (nSPS) is 11.7. The summed E-state index contributed by atoms with van der Waals surface area (Å²) in [5.41, 5.74) is 5.69. The van der Waals surface area contributed by atoms with E-state index in [1.807, 2.05) is 6.08 Å². The molecule has 0 aromatic carbocycles. The van der Waals surface area contributed by atoms with Crippen molar-refractivity contribution in [2.45, 2.75) is 26.2 Å². The van der Waals surface area contributed by atoms with Crippen molar-refractivity contribution in [3.05, 3.63) is 11.6 Å². The van der Waals surface area contributed by atoms with Gasteiger partial charge in [-0.2, -0.15) is 0 Å². The largest absolute Gasteiger partial charge is 0.385 e. The Morgan fingerprint density at radius 3 is 2.67 bits per heavy atom. The number of hydrogen-bond acceptors (Lipinski definition) is 2. The first-order valence-corrected chi connectivity index (χ1v) is 4.14. The van der Waals surface area contributed by atoms with Crippen molar-refractivity contribution < 1.29 is 9.53 Å². The summed E-state index contributed by atoms with van der Waals surface area (Å²) in [4.78, 5) is 10.5. The topological polar surface area (TPSA) is 52.3 Å². The molecule has 0 heterocycles. The van der Waals surface area contributed by atoms with Crippen LogP contribution < -0.4 is 5.73 Å². The van der Waals surface area contributed by atoms with E-state index in [0.29, 0.717) is 5.57 Å². The zero-order valence-corrected chi connectivity index (χ0v) is 7.80. The van der Waals surface area contributed by atoms with Crippen molar-refractivity contribution in [2.75, 3.05) is 13.7 Å². The van der Waals surface area contributed by atoms with Gasteiger partial charge >= 0.3 is 0 Å². The van der Waals surface area contributed by atoms with Crippen molar-refractivity contribution in [3.8, 4) is 0 Å². The van der Waals surface area contributed by atoms with Crippen molar-refractivity contribution >= 4 is 5.91 Å². The lowest BCUT2D eigenvalue weighted by molar-refractivity contribution is -0.114. The summed E-state index contributed by atoms with van der Waals surface area (Å²) in [6.45, 7) is 2.52. The Labute approximate surface area is 73.6 Å². The highest BCUT2D eigenvalue weighted by molar-refractivity contribution is 5.91. The third kappa shape index (κ3) is 5.92. The number of nitrogens with two attached hydrogens (primary N) is 1. The molecule has 0 unspecified atom stereocenters. The second-order valence-electron chi connectivity index (χ2n) is 2.74. The molecule has 0 fully saturated rings. The minimum Gasteiger partial charge on any atom is -0.385 e. The Hall–Kier alpha value is -0.830.